The molecule has 65 heavy (non-hydrogen) atoms. The first-order valence-electron chi connectivity index (χ1n) is 23.8. The van der Waals surface area contributed by atoms with Gasteiger partial charge in [-0.05, 0) is 105 Å². The van der Waals surface area contributed by atoms with E-state index < -0.39 is 5.91 Å². The lowest BCUT2D eigenvalue weighted by molar-refractivity contribution is -0.139. The van der Waals surface area contributed by atoms with Gasteiger partial charge in [-0.2, -0.15) is 0 Å². The van der Waals surface area contributed by atoms with Gasteiger partial charge < -0.3 is 25.5 Å². The van der Waals surface area contributed by atoms with Crippen LogP contribution in [0.15, 0.2) is 115 Å². The smallest absolute Gasteiger partial charge is 0.269 e. The number of nitrogens with zero attached hydrogens (tertiary/aromatic N) is 6. The third kappa shape index (κ3) is 8.77. The molecule has 4 saturated heterocycles. The predicted molar refractivity (Wildman–Crippen MR) is 252 cm³/mol. The number of carbonyl (C=O) groups is 3. The number of aromatic amines is 2. The second kappa shape index (κ2) is 19.0. The molecule has 0 spiro atoms. The first kappa shape index (κ1) is 42.6. The Labute approximate surface area is 381 Å². The molecule has 12 nitrogen and oxygen atoms in total. The van der Waals surface area contributed by atoms with E-state index in [2.05, 4.69) is 73.2 Å². The van der Waals surface area contributed by atoms with E-state index in [9.17, 15) is 14.4 Å². The number of rotatable bonds is 12. The number of aromatic nitrogens is 4. The molecule has 0 radical (unpaired) electrons. The van der Waals surface area contributed by atoms with Gasteiger partial charge in [0.05, 0.1) is 29.7 Å². The fourth-order valence-electron chi connectivity index (χ4n) is 10.8. The Morgan fingerprint density at radius 1 is 0.523 bits per heavy atom. The Kier molecular flexibility index (Phi) is 12.4. The Morgan fingerprint density at radius 2 is 0.985 bits per heavy atom. The molecule has 0 aliphatic carbocycles. The number of hydrogen-bond donors (Lipinski definition) is 3. The van der Waals surface area contributed by atoms with Crippen molar-refractivity contribution >= 4 is 17.7 Å². The van der Waals surface area contributed by atoms with Gasteiger partial charge in [0, 0.05) is 18.7 Å². The highest BCUT2D eigenvalue weighted by atomic mass is 16.2. The molecular formula is C53H59N9O3. The summed E-state index contributed by atoms with van der Waals surface area (Å²) in [5.74, 6) is 1.05. The predicted octanol–water partition coefficient (Wildman–Crippen LogP) is 9.01. The summed E-state index contributed by atoms with van der Waals surface area (Å²) in [6, 6.07) is 35.8. The topological polar surface area (TPSA) is 148 Å². The highest BCUT2D eigenvalue weighted by molar-refractivity contribution is 5.97. The Balaban J connectivity index is 0.838. The molecule has 2 aromatic heterocycles. The van der Waals surface area contributed by atoms with Crippen molar-refractivity contribution in [2.45, 2.75) is 88.4 Å². The van der Waals surface area contributed by atoms with Crippen molar-refractivity contribution in [2.24, 2.45) is 5.73 Å². The van der Waals surface area contributed by atoms with Crippen LogP contribution in [0.2, 0.25) is 0 Å². The minimum Gasteiger partial charge on any atom is -0.364 e. The molecular weight excluding hydrogens is 811 g/mol. The Morgan fingerprint density at radius 3 is 1.48 bits per heavy atom. The number of nitrogens with two attached hydrogens (primary N) is 1. The molecule has 4 aliphatic rings. The first-order valence-corrected chi connectivity index (χ1v) is 23.8. The molecule has 12 heteroatoms. The number of benzene rings is 4. The quantitative estimate of drug-likeness (QED) is 0.111. The fourth-order valence-corrected chi connectivity index (χ4v) is 10.8. The standard InChI is InChI=1S/C53H59N9O3/c54-49(63)46-45(57-51(58-46)44-20-14-34-62(44)53(65)48(41-17-7-2-8-18-41)60-31-11-4-12-32-60)39-27-23-37(24-28-39)36-21-25-38(26-22-36)42-35-55-50(56-42)43-19-13-33-61(43)52(64)47(40-15-5-1-6-16-40)59-29-9-3-10-30-59/h1-2,5-8,15-18,21-28,35,43-44,47-48H,3-4,9-14,19-20,29-34H2,(H2,54,63)(H,55,56)(H,57,58)/t43-,44-,47+,48+/m0/s1. The summed E-state index contributed by atoms with van der Waals surface area (Å²) < 4.78 is 0. The monoisotopic (exact) mass is 869 g/mol. The van der Waals surface area contributed by atoms with Gasteiger partial charge in [-0.25, -0.2) is 9.97 Å². The third-order valence-electron chi connectivity index (χ3n) is 14.2. The number of carbonyl (C=O) groups excluding carboxylic acids is 3. The number of imidazole rings is 2. The number of piperidine rings is 2. The molecule has 4 aliphatic heterocycles. The summed E-state index contributed by atoms with van der Waals surface area (Å²) in [6.45, 7) is 5.02. The van der Waals surface area contributed by atoms with E-state index in [4.69, 9.17) is 15.7 Å². The molecule has 334 valence electrons. The number of primary amides is 1. The highest BCUT2D eigenvalue weighted by Crippen LogP contribution is 2.39. The minimum absolute atomic E-state index is 0.0789. The molecule has 0 saturated carbocycles. The van der Waals surface area contributed by atoms with Crippen LogP contribution in [0.25, 0.3) is 33.6 Å². The van der Waals surface area contributed by atoms with Gasteiger partial charge in [-0.3, -0.25) is 24.2 Å². The lowest BCUT2D eigenvalue weighted by Crippen LogP contribution is -2.44. The average molecular weight is 870 g/mol. The molecule has 3 amide bonds. The lowest BCUT2D eigenvalue weighted by atomic mass is 10.00. The van der Waals surface area contributed by atoms with E-state index >= 15 is 0 Å². The van der Waals surface area contributed by atoms with E-state index in [1.54, 1.807) is 0 Å². The third-order valence-corrected chi connectivity index (χ3v) is 14.2. The largest absolute Gasteiger partial charge is 0.364 e. The Bertz CT molecular complexity index is 2580. The summed E-state index contributed by atoms with van der Waals surface area (Å²) in [7, 11) is 0. The van der Waals surface area contributed by atoms with Crippen LogP contribution in [0, 0.1) is 0 Å². The SMILES string of the molecule is NC(=O)c1nc([C@@H]2CCCN2C(=O)[C@@H](c2ccccc2)N2CCCCC2)[nH]c1-c1ccc(-c2ccc(-c3cnc([C@@H]4CCCN4C(=O)[C@@H](c4ccccc4)N4CCCCC4)[nH]3)cc2)cc1. The molecule has 0 unspecified atom stereocenters. The van der Waals surface area contributed by atoms with Crippen LogP contribution in [0.3, 0.4) is 0 Å². The van der Waals surface area contributed by atoms with E-state index in [1.807, 2.05) is 71.8 Å². The number of likely N-dealkylation sites (tertiary alicyclic amines) is 4. The van der Waals surface area contributed by atoms with Gasteiger partial charge in [-0.15, -0.1) is 0 Å². The van der Waals surface area contributed by atoms with Crippen molar-refractivity contribution in [2.75, 3.05) is 39.3 Å². The molecule has 4 aromatic carbocycles. The van der Waals surface area contributed by atoms with Crippen LogP contribution in [-0.2, 0) is 9.59 Å². The number of nitrogens with one attached hydrogen (secondary N) is 2. The van der Waals surface area contributed by atoms with Crippen molar-refractivity contribution in [3.63, 3.8) is 0 Å². The van der Waals surface area contributed by atoms with Crippen LogP contribution in [0.4, 0.5) is 0 Å². The summed E-state index contributed by atoms with van der Waals surface area (Å²) in [5.41, 5.74) is 13.5. The zero-order valence-corrected chi connectivity index (χ0v) is 37.1. The minimum atomic E-state index is -0.614. The van der Waals surface area contributed by atoms with Gasteiger partial charge in [0.1, 0.15) is 23.7 Å². The van der Waals surface area contributed by atoms with Crippen molar-refractivity contribution in [3.05, 3.63) is 144 Å². The molecule has 6 aromatic rings. The zero-order valence-electron chi connectivity index (χ0n) is 37.1. The van der Waals surface area contributed by atoms with Crippen LogP contribution in [-0.4, -0.2) is 96.5 Å². The second-order valence-electron chi connectivity index (χ2n) is 18.2. The molecule has 10 rings (SSSR count). The maximum absolute atomic E-state index is 14.5. The Hall–Kier alpha value is -6.37. The first-order chi connectivity index (χ1) is 31.9. The van der Waals surface area contributed by atoms with Gasteiger partial charge in [0.25, 0.3) is 5.91 Å². The van der Waals surface area contributed by atoms with Crippen molar-refractivity contribution < 1.29 is 14.4 Å². The summed E-state index contributed by atoms with van der Waals surface area (Å²) in [4.78, 5) is 67.2. The molecule has 4 atom stereocenters. The number of amides is 3. The average Bonchev–Trinajstić information content (AvgIpc) is 4.21. The summed E-state index contributed by atoms with van der Waals surface area (Å²) in [6.07, 6.45) is 12.1. The van der Waals surface area contributed by atoms with E-state index in [-0.39, 0.29) is 41.7 Å². The summed E-state index contributed by atoms with van der Waals surface area (Å²) >= 11 is 0. The normalized spacial score (nSPS) is 20.5. The van der Waals surface area contributed by atoms with E-state index in [1.165, 1.54) is 12.8 Å². The van der Waals surface area contributed by atoms with Crippen LogP contribution in [0.1, 0.15) is 122 Å². The lowest BCUT2D eigenvalue weighted by Gasteiger charge is -2.37. The molecule has 0 bridgehead atoms. The number of hydrogen-bond acceptors (Lipinski definition) is 7. The molecule has 4 N–H and O–H groups in total. The van der Waals surface area contributed by atoms with Crippen LogP contribution >= 0.6 is 0 Å². The fraction of sp³-hybridized carbons (Fsp3) is 0.377. The zero-order chi connectivity index (χ0) is 44.3. The van der Waals surface area contributed by atoms with Crippen molar-refractivity contribution in [1.29, 1.82) is 0 Å². The number of H-pyrrole nitrogens is 2. The van der Waals surface area contributed by atoms with Crippen LogP contribution < -0.4 is 5.73 Å². The summed E-state index contributed by atoms with van der Waals surface area (Å²) in [5, 5.41) is 0. The molecule has 6 heterocycles. The molecule has 4 fully saturated rings. The van der Waals surface area contributed by atoms with Gasteiger partial charge in [-0.1, -0.05) is 122 Å². The van der Waals surface area contributed by atoms with Gasteiger partial charge in [0.15, 0.2) is 5.69 Å². The van der Waals surface area contributed by atoms with Gasteiger partial charge >= 0.3 is 0 Å². The van der Waals surface area contributed by atoms with Crippen molar-refractivity contribution in [3.8, 4) is 33.6 Å². The van der Waals surface area contributed by atoms with E-state index in [0.29, 0.717) is 18.1 Å². The second-order valence-corrected chi connectivity index (χ2v) is 18.2. The maximum atomic E-state index is 14.5. The van der Waals surface area contributed by atoms with E-state index in [0.717, 1.165) is 129 Å². The van der Waals surface area contributed by atoms with Crippen LogP contribution in [0.5, 0.6) is 0 Å². The highest BCUT2D eigenvalue weighted by Gasteiger charge is 2.41. The van der Waals surface area contributed by atoms with Gasteiger partial charge in [0.2, 0.25) is 11.8 Å². The van der Waals surface area contributed by atoms with Crippen molar-refractivity contribution in [1.82, 2.24) is 39.5 Å². The maximum Gasteiger partial charge on any atom is 0.269 e.